The molecular formula is C17H12N2OS. The van der Waals surface area contributed by atoms with Crippen LogP contribution in [0.2, 0.25) is 0 Å². The average Bonchev–Trinajstić information content (AvgIpc) is 2.89. The third kappa shape index (κ3) is 1.80. The number of nitrogens with one attached hydrogen (secondary N) is 1. The largest absolute Gasteiger partial charge is 0.344 e. The van der Waals surface area contributed by atoms with Crippen LogP contribution in [0, 0.1) is 6.92 Å². The van der Waals surface area contributed by atoms with Crippen LogP contribution in [0.4, 0.5) is 0 Å². The summed E-state index contributed by atoms with van der Waals surface area (Å²) in [6.45, 7) is 1.88. The molecule has 4 heteroatoms. The molecule has 0 amide bonds. The highest BCUT2D eigenvalue weighted by Crippen LogP contribution is 2.28. The van der Waals surface area contributed by atoms with Crippen molar-refractivity contribution in [3.05, 3.63) is 64.4 Å². The molecule has 0 atom stereocenters. The zero-order valence-electron chi connectivity index (χ0n) is 11.4. The molecule has 0 aliphatic heterocycles. The minimum absolute atomic E-state index is 0.0581. The van der Waals surface area contributed by atoms with Gasteiger partial charge in [0.25, 0.3) is 0 Å². The van der Waals surface area contributed by atoms with Crippen LogP contribution >= 0.6 is 11.5 Å². The van der Waals surface area contributed by atoms with Crippen LogP contribution < -0.4 is 5.43 Å². The quantitative estimate of drug-likeness (QED) is 0.574. The average molecular weight is 292 g/mol. The highest BCUT2D eigenvalue weighted by Gasteiger charge is 2.13. The Kier molecular flexibility index (Phi) is 2.65. The van der Waals surface area contributed by atoms with Gasteiger partial charge in [0, 0.05) is 10.9 Å². The van der Waals surface area contributed by atoms with Gasteiger partial charge in [-0.15, -0.1) is 0 Å². The number of nitrogens with zero attached hydrogens (tertiary/aromatic N) is 1. The first kappa shape index (κ1) is 12.3. The van der Waals surface area contributed by atoms with Crippen molar-refractivity contribution >= 4 is 32.7 Å². The third-order valence-corrected chi connectivity index (χ3v) is 4.58. The zero-order chi connectivity index (χ0) is 14.4. The van der Waals surface area contributed by atoms with Gasteiger partial charge in [-0.25, -0.2) is 0 Å². The SMILES string of the molecule is Cc1nsc2[nH]c3c(-c4ccccc4)cccc3c(=O)c12. The van der Waals surface area contributed by atoms with Crippen LogP contribution in [0.3, 0.4) is 0 Å². The molecule has 3 nitrogen and oxygen atoms in total. The van der Waals surface area contributed by atoms with E-state index in [0.29, 0.717) is 10.8 Å². The lowest BCUT2D eigenvalue weighted by Crippen LogP contribution is -2.04. The summed E-state index contributed by atoms with van der Waals surface area (Å²) in [7, 11) is 0. The summed E-state index contributed by atoms with van der Waals surface area (Å²) < 4.78 is 4.29. The Hall–Kier alpha value is -2.46. The molecular weight excluding hydrogens is 280 g/mol. The Morgan fingerprint density at radius 3 is 2.67 bits per heavy atom. The first-order valence-corrected chi connectivity index (χ1v) is 7.49. The van der Waals surface area contributed by atoms with E-state index < -0.39 is 0 Å². The van der Waals surface area contributed by atoms with Crippen molar-refractivity contribution in [3.8, 4) is 11.1 Å². The Labute approximate surface area is 125 Å². The fraction of sp³-hybridized carbons (Fsp3) is 0.0588. The maximum Gasteiger partial charge on any atom is 0.200 e. The molecule has 21 heavy (non-hydrogen) atoms. The maximum absolute atomic E-state index is 12.7. The molecule has 2 aromatic carbocycles. The number of aromatic amines is 1. The number of hydrogen-bond donors (Lipinski definition) is 1. The Bertz CT molecular complexity index is 1020. The number of pyridine rings is 1. The number of hydrogen-bond acceptors (Lipinski definition) is 3. The van der Waals surface area contributed by atoms with Gasteiger partial charge in [0.1, 0.15) is 4.83 Å². The molecule has 102 valence electrons. The van der Waals surface area contributed by atoms with Gasteiger partial charge in [-0.05, 0) is 30.1 Å². The number of benzene rings is 2. The minimum Gasteiger partial charge on any atom is -0.344 e. The van der Waals surface area contributed by atoms with Crippen molar-refractivity contribution in [1.82, 2.24) is 9.36 Å². The molecule has 0 unspecified atom stereocenters. The molecule has 0 spiro atoms. The number of aromatic nitrogens is 2. The lowest BCUT2D eigenvalue weighted by Gasteiger charge is -2.07. The second-order valence-corrected chi connectivity index (χ2v) is 5.79. The Morgan fingerprint density at radius 1 is 1.05 bits per heavy atom. The summed E-state index contributed by atoms with van der Waals surface area (Å²) in [5, 5.41) is 1.42. The maximum atomic E-state index is 12.7. The Morgan fingerprint density at radius 2 is 1.86 bits per heavy atom. The van der Waals surface area contributed by atoms with Gasteiger partial charge in [-0.1, -0.05) is 42.5 Å². The van der Waals surface area contributed by atoms with E-state index in [2.05, 4.69) is 21.5 Å². The highest BCUT2D eigenvalue weighted by atomic mass is 32.1. The van der Waals surface area contributed by atoms with E-state index in [0.717, 1.165) is 27.2 Å². The van der Waals surface area contributed by atoms with Crippen molar-refractivity contribution in [1.29, 1.82) is 0 Å². The summed E-state index contributed by atoms with van der Waals surface area (Å²) in [6.07, 6.45) is 0. The monoisotopic (exact) mass is 292 g/mol. The van der Waals surface area contributed by atoms with E-state index in [1.165, 1.54) is 11.5 Å². The second-order valence-electron chi connectivity index (χ2n) is 5.02. The molecule has 0 bridgehead atoms. The molecule has 0 fully saturated rings. The molecule has 0 aliphatic carbocycles. The van der Waals surface area contributed by atoms with E-state index in [-0.39, 0.29) is 5.43 Å². The Balaban J connectivity index is 2.18. The topological polar surface area (TPSA) is 45.8 Å². The highest BCUT2D eigenvalue weighted by molar-refractivity contribution is 7.13. The van der Waals surface area contributed by atoms with Gasteiger partial charge in [0.05, 0.1) is 16.6 Å². The summed E-state index contributed by atoms with van der Waals surface area (Å²) in [4.78, 5) is 16.9. The summed E-state index contributed by atoms with van der Waals surface area (Å²) >= 11 is 1.34. The minimum atomic E-state index is 0.0581. The molecule has 4 aromatic rings. The van der Waals surface area contributed by atoms with Crippen LogP contribution in [-0.2, 0) is 0 Å². The van der Waals surface area contributed by atoms with E-state index in [1.54, 1.807) is 0 Å². The first-order chi connectivity index (χ1) is 10.3. The summed E-state index contributed by atoms with van der Waals surface area (Å²) in [5.74, 6) is 0. The summed E-state index contributed by atoms with van der Waals surface area (Å²) in [5.41, 5.74) is 3.87. The van der Waals surface area contributed by atoms with Crippen LogP contribution in [0.25, 0.3) is 32.2 Å². The van der Waals surface area contributed by atoms with Gasteiger partial charge in [0.2, 0.25) is 0 Å². The first-order valence-electron chi connectivity index (χ1n) is 6.72. The van der Waals surface area contributed by atoms with Crippen molar-refractivity contribution in [2.45, 2.75) is 6.92 Å². The van der Waals surface area contributed by atoms with Crippen molar-refractivity contribution < 1.29 is 0 Å². The molecule has 1 N–H and O–H groups in total. The lowest BCUT2D eigenvalue weighted by atomic mass is 10.0. The molecule has 0 aliphatic rings. The van der Waals surface area contributed by atoms with Crippen LogP contribution in [-0.4, -0.2) is 9.36 Å². The third-order valence-electron chi connectivity index (χ3n) is 3.72. The molecule has 2 heterocycles. The molecule has 2 aromatic heterocycles. The molecule has 0 radical (unpaired) electrons. The van der Waals surface area contributed by atoms with E-state index >= 15 is 0 Å². The zero-order valence-corrected chi connectivity index (χ0v) is 12.2. The number of fused-ring (bicyclic) bond motifs is 2. The number of aryl methyl sites for hydroxylation is 1. The van der Waals surface area contributed by atoms with Crippen LogP contribution in [0.5, 0.6) is 0 Å². The second kappa shape index (κ2) is 4.53. The van der Waals surface area contributed by atoms with Crippen LogP contribution in [0.1, 0.15) is 5.69 Å². The van der Waals surface area contributed by atoms with Gasteiger partial charge in [-0.3, -0.25) is 4.79 Å². The van der Waals surface area contributed by atoms with E-state index in [4.69, 9.17) is 0 Å². The van der Waals surface area contributed by atoms with Crippen molar-refractivity contribution in [2.24, 2.45) is 0 Å². The normalized spacial score (nSPS) is 11.3. The predicted molar refractivity (Wildman–Crippen MR) is 87.9 cm³/mol. The number of rotatable bonds is 1. The standard InChI is InChI=1S/C17H12N2OS/c1-10-14-16(20)13-9-5-8-12(11-6-3-2-4-7-11)15(13)18-17(14)21-19-10/h2-9H,1H3,(H,18,20). The predicted octanol–water partition coefficient (Wildman–Crippen LogP) is 4.11. The molecule has 0 saturated carbocycles. The van der Waals surface area contributed by atoms with Crippen molar-refractivity contribution in [2.75, 3.05) is 0 Å². The van der Waals surface area contributed by atoms with E-state index in [9.17, 15) is 4.79 Å². The number of para-hydroxylation sites is 1. The van der Waals surface area contributed by atoms with E-state index in [1.807, 2.05) is 43.3 Å². The van der Waals surface area contributed by atoms with Gasteiger partial charge >= 0.3 is 0 Å². The van der Waals surface area contributed by atoms with Crippen LogP contribution in [0.15, 0.2) is 53.3 Å². The van der Waals surface area contributed by atoms with Gasteiger partial charge < -0.3 is 4.98 Å². The van der Waals surface area contributed by atoms with Gasteiger partial charge in [0.15, 0.2) is 5.43 Å². The van der Waals surface area contributed by atoms with Crippen molar-refractivity contribution in [3.63, 3.8) is 0 Å². The summed E-state index contributed by atoms with van der Waals surface area (Å²) in [6, 6.07) is 15.9. The smallest absolute Gasteiger partial charge is 0.200 e. The molecule has 4 rings (SSSR count). The van der Waals surface area contributed by atoms with Gasteiger partial charge in [-0.2, -0.15) is 4.37 Å². The fourth-order valence-corrected chi connectivity index (χ4v) is 3.50. The number of H-pyrrole nitrogens is 1. The fourth-order valence-electron chi connectivity index (χ4n) is 2.71. The lowest BCUT2D eigenvalue weighted by molar-refractivity contribution is 1.37. The molecule has 0 saturated heterocycles.